The first-order valence-corrected chi connectivity index (χ1v) is 10.5. The van der Waals surface area contributed by atoms with Gasteiger partial charge in [-0.15, -0.1) is 11.8 Å². The van der Waals surface area contributed by atoms with Crippen LogP contribution in [-0.2, 0) is 28.6 Å². The summed E-state index contributed by atoms with van der Waals surface area (Å²) in [5.41, 5.74) is -0.136. The topological polar surface area (TPSA) is 118 Å². The Morgan fingerprint density at radius 3 is 2.26 bits per heavy atom. The second-order valence-corrected chi connectivity index (χ2v) is 8.15. The van der Waals surface area contributed by atoms with Crippen LogP contribution in [0.3, 0.4) is 0 Å². The molecule has 0 unspecified atom stereocenters. The molecule has 1 aliphatic heterocycles. The van der Waals surface area contributed by atoms with Crippen molar-refractivity contribution in [1.29, 1.82) is 0 Å². The van der Waals surface area contributed by atoms with Crippen molar-refractivity contribution in [2.75, 3.05) is 5.75 Å². The molecule has 31 heavy (non-hydrogen) atoms. The molecular formula is C21H22O9S. The zero-order valence-corrected chi connectivity index (χ0v) is 18.2. The number of carbonyl (C=O) groups excluding carboxylic acids is 3. The Balaban J connectivity index is 1.92. The van der Waals surface area contributed by atoms with Crippen molar-refractivity contribution in [1.82, 2.24) is 0 Å². The summed E-state index contributed by atoms with van der Waals surface area (Å²) in [5.74, 6) is -1.17. The Morgan fingerprint density at radius 2 is 1.61 bits per heavy atom. The number of aryl methyl sites for hydroxylation is 1. The highest BCUT2D eigenvalue weighted by molar-refractivity contribution is 7.99. The maximum absolute atomic E-state index is 11.7. The molecule has 3 rings (SSSR count). The third kappa shape index (κ3) is 5.57. The van der Waals surface area contributed by atoms with Crippen LogP contribution in [0.1, 0.15) is 26.3 Å². The van der Waals surface area contributed by atoms with E-state index in [1.54, 1.807) is 25.1 Å². The van der Waals surface area contributed by atoms with Crippen LogP contribution in [0.5, 0.6) is 5.75 Å². The summed E-state index contributed by atoms with van der Waals surface area (Å²) >= 11 is 1.24. The van der Waals surface area contributed by atoms with E-state index >= 15 is 0 Å². The van der Waals surface area contributed by atoms with Gasteiger partial charge in [0.25, 0.3) is 0 Å². The van der Waals surface area contributed by atoms with Gasteiger partial charge in [0, 0.05) is 44.0 Å². The average molecular weight is 450 g/mol. The summed E-state index contributed by atoms with van der Waals surface area (Å²) in [6.45, 7) is 5.46. The molecule has 2 heterocycles. The number of ether oxygens (including phenoxy) is 4. The van der Waals surface area contributed by atoms with Gasteiger partial charge in [0.05, 0.1) is 0 Å². The second kappa shape index (κ2) is 9.42. The molecule has 10 heteroatoms. The minimum absolute atomic E-state index is 0.252. The largest absolute Gasteiger partial charge is 0.476 e. The van der Waals surface area contributed by atoms with Crippen LogP contribution in [0.4, 0.5) is 0 Å². The van der Waals surface area contributed by atoms with Crippen LogP contribution in [0.25, 0.3) is 11.0 Å². The minimum atomic E-state index is -1.04. The zero-order valence-electron chi connectivity index (χ0n) is 17.4. The normalized spacial score (nSPS) is 23.1. The van der Waals surface area contributed by atoms with Gasteiger partial charge in [0.2, 0.25) is 0 Å². The standard InChI is InChI=1S/C21H22O9S/c1-10-7-18(25)30-16-8-14(5-6-15(10)16)29-21-20(28-13(4)24)19(27-12(3)23)17(9-31-21)26-11(2)22/h5-8,17,19-21H,9H2,1-4H3/t17-,19+,20-,21+/m1/s1. The second-order valence-electron chi connectivity index (χ2n) is 7.02. The van der Waals surface area contributed by atoms with E-state index < -0.39 is 47.3 Å². The summed E-state index contributed by atoms with van der Waals surface area (Å²) in [6, 6.07) is 6.41. The average Bonchev–Trinajstić information content (AvgIpc) is 2.64. The fraction of sp³-hybridized carbons (Fsp3) is 0.429. The van der Waals surface area contributed by atoms with Crippen LogP contribution in [-0.4, -0.2) is 47.4 Å². The monoisotopic (exact) mass is 450 g/mol. The quantitative estimate of drug-likeness (QED) is 0.381. The molecule has 1 saturated heterocycles. The lowest BCUT2D eigenvalue weighted by atomic mass is 10.1. The van der Waals surface area contributed by atoms with Gasteiger partial charge < -0.3 is 23.4 Å². The molecule has 0 radical (unpaired) electrons. The van der Waals surface area contributed by atoms with Gasteiger partial charge in [-0.3, -0.25) is 14.4 Å². The number of thioether (sulfide) groups is 1. The molecule has 1 aliphatic rings. The first-order valence-electron chi connectivity index (χ1n) is 9.48. The SMILES string of the molecule is CC(=O)O[C@@H]1[C@@H](OC(C)=O)[C@@H](Oc2ccc3c(C)cc(=O)oc3c2)SC[C@H]1OC(C)=O. The van der Waals surface area contributed by atoms with E-state index in [0.717, 1.165) is 10.9 Å². The van der Waals surface area contributed by atoms with Crippen LogP contribution in [0.15, 0.2) is 33.5 Å². The van der Waals surface area contributed by atoms with Crippen molar-refractivity contribution in [2.45, 2.75) is 51.4 Å². The molecule has 9 nitrogen and oxygen atoms in total. The Hall–Kier alpha value is -3.01. The molecule has 1 aromatic heterocycles. The third-order valence-electron chi connectivity index (χ3n) is 4.48. The Morgan fingerprint density at radius 1 is 0.968 bits per heavy atom. The van der Waals surface area contributed by atoms with Gasteiger partial charge >= 0.3 is 23.5 Å². The number of carbonyl (C=O) groups is 3. The first-order chi connectivity index (χ1) is 14.6. The van der Waals surface area contributed by atoms with Crippen LogP contribution < -0.4 is 10.4 Å². The summed E-state index contributed by atoms with van der Waals surface area (Å²) in [6.07, 6.45) is -2.89. The number of benzene rings is 1. The lowest BCUT2D eigenvalue weighted by molar-refractivity contribution is -0.186. The van der Waals surface area contributed by atoms with E-state index in [9.17, 15) is 19.2 Å². The molecule has 1 fully saturated rings. The summed E-state index contributed by atoms with van der Waals surface area (Å²) < 4.78 is 27.3. The Kier molecular flexibility index (Phi) is 6.89. The molecule has 0 bridgehead atoms. The predicted octanol–water partition coefficient (Wildman–Crippen LogP) is 2.35. The fourth-order valence-corrected chi connectivity index (χ4v) is 4.54. The zero-order chi connectivity index (χ0) is 22.7. The highest BCUT2D eigenvalue weighted by Gasteiger charge is 2.47. The molecule has 1 aromatic carbocycles. The molecule has 0 spiro atoms. The van der Waals surface area contributed by atoms with Gasteiger partial charge in [-0.2, -0.15) is 0 Å². The maximum atomic E-state index is 11.7. The van der Waals surface area contributed by atoms with Gasteiger partial charge in [-0.05, 0) is 24.6 Å². The number of esters is 3. The molecule has 0 amide bonds. The minimum Gasteiger partial charge on any atom is -0.476 e. The van der Waals surface area contributed by atoms with Crippen molar-refractivity contribution in [3.8, 4) is 5.75 Å². The summed E-state index contributed by atoms with van der Waals surface area (Å²) in [5, 5.41) is 0.757. The van der Waals surface area contributed by atoms with Crippen LogP contribution >= 0.6 is 11.8 Å². The van der Waals surface area contributed by atoms with E-state index in [1.807, 2.05) is 0 Å². The lowest BCUT2D eigenvalue weighted by Crippen LogP contribution is -2.55. The van der Waals surface area contributed by atoms with Crippen molar-refractivity contribution in [3.63, 3.8) is 0 Å². The van der Waals surface area contributed by atoms with Crippen molar-refractivity contribution >= 4 is 40.6 Å². The lowest BCUT2D eigenvalue weighted by Gasteiger charge is -2.39. The molecule has 4 atom stereocenters. The number of rotatable bonds is 5. The number of hydrogen-bond acceptors (Lipinski definition) is 10. The number of hydrogen-bond donors (Lipinski definition) is 0. The third-order valence-corrected chi connectivity index (χ3v) is 5.69. The number of fused-ring (bicyclic) bond motifs is 1. The van der Waals surface area contributed by atoms with Gasteiger partial charge in [-0.25, -0.2) is 4.79 Å². The maximum Gasteiger partial charge on any atom is 0.336 e. The Bertz CT molecular complexity index is 1060. The van der Waals surface area contributed by atoms with E-state index in [4.69, 9.17) is 23.4 Å². The molecular weight excluding hydrogens is 428 g/mol. The van der Waals surface area contributed by atoms with E-state index in [0.29, 0.717) is 11.3 Å². The van der Waals surface area contributed by atoms with Gasteiger partial charge in [-0.1, -0.05) is 0 Å². The molecule has 0 N–H and O–H groups in total. The van der Waals surface area contributed by atoms with E-state index in [-0.39, 0.29) is 5.75 Å². The predicted molar refractivity (Wildman–Crippen MR) is 111 cm³/mol. The van der Waals surface area contributed by atoms with Crippen LogP contribution in [0.2, 0.25) is 0 Å². The van der Waals surface area contributed by atoms with Gasteiger partial charge in [0.15, 0.2) is 23.7 Å². The highest BCUT2D eigenvalue weighted by Crippen LogP contribution is 2.35. The summed E-state index contributed by atoms with van der Waals surface area (Å²) in [7, 11) is 0. The Labute approximate surface area is 182 Å². The van der Waals surface area contributed by atoms with Crippen molar-refractivity contribution < 1.29 is 37.7 Å². The van der Waals surface area contributed by atoms with E-state index in [2.05, 4.69) is 0 Å². The van der Waals surface area contributed by atoms with Crippen molar-refractivity contribution in [2.24, 2.45) is 0 Å². The first kappa shape index (κ1) is 22.7. The molecule has 0 saturated carbocycles. The fourth-order valence-electron chi connectivity index (χ4n) is 3.32. The molecule has 2 aromatic rings. The van der Waals surface area contributed by atoms with E-state index in [1.165, 1.54) is 38.6 Å². The smallest absolute Gasteiger partial charge is 0.336 e. The molecule has 166 valence electrons. The highest BCUT2D eigenvalue weighted by atomic mass is 32.2. The summed E-state index contributed by atoms with van der Waals surface area (Å²) in [4.78, 5) is 46.6. The van der Waals surface area contributed by atoms with Crippen molar-refractivity contribution in [3.05, 3.63) is 40.2 Å². The van der Waals surface area contributed by atoms with Gasteiger partial charge in [0.1, 0.15) is 11.3 Å². The van der Waals surface area contributed by atoms with Crippen LogP contribution in [0, 0.1) is 6.92 Å². The molecule has 0 aliphatic carbocycles.